The molecule has 0 bridgehead atoms. The Balaban J connectivity index is 1.48. The molecule has 4 heterocycles. The number of nitrogens with one attached hydrogen (secondary N) is 1. The number of aromatic nitrogens is 3. The lowest BCUT2D eigenvalue weighted by atomic mass is 9.96. The third-order valence-electron chi connectivity index (χ3n) is 5.15. The van der Waals surface area contributed by atoms with Gasteiger partial charge in [-0.05, 0) is 25.3 Å². The lowest BCUT2D eigenvalue weighted by Crippen LogP contribution is -2.56. The fraction of sp³-hybridized carbons (Fsp3) is 0.625. The van der Waals surface area contributed by atoms with Crippen LogP contribution < -0.4 is 4.90 Å². The summed E-state index contributed by atoms with van der Waals surface area (Å²) in [6, 6.07) is 2.16. The van der Waals surface area contributed by atoms with Crippen LogP contribution in [0.3, 0.4) is 0 Å². The van der Waals surface area contributed by atoms with E-state index in [0.29, 0.717) is 6.54 Å². The molecular weight excluding hydrogens is 294 g/mol. The van der Waals surface area contributed by atoms with Crippen LogP contribution >= 0.6 is 0 Å². The van der Waals surface area contributed by atoms with Gasteiger partial charge in [-0.25, -0.2) is 9.97 Å². The summed E-state index contributed by atoms with van der Waals surface area (Å²) in [6.45, 7) is 3.20. The van der Waals surface area contributed by atoms with Crippen molar-refractivity contribution < 1.29 is 10.2 Å². The number of likely N-dealkylation sites (tertiary alicyclic amines) is 1. The molecule has 2 aromatic rings. The van der Waals surface area contributed by atoms with Crippen LogP contribution in [0.5, 0.6) is 0 Å². The van der Waals surface area contributed by atoms with E-state index in [1.54, 1.807) is 6.33 Å². The second-order valence-corrected chi connectivity index (χ2v) is 6.57. The average molecular weight is 317 g/mol. The summed E-state index contributed by atoms with van der Waals surface area (Å²) in [6.07, 6.45) is 5.39. The molecule has 0 unspecified atom stereocenters. The van der Waals surface area contributed by atoms with Gasteiger partial charge in [0.05, 0.1) is 17.6 Å². The van der Waals surface area contributed by atoms with Gasteiger partial charge >= 0.3 is 0 Å². The van der Waals surface area contributed by atoms with E-state index < -0.39 is 6.10 Å². The van der Waals surface area contributed by atoms with Crippen molar-refractivity contribution in [2.45, 2.75) is 37.5 Å². The highest BCUT2D eigenvalue weighted by molar-refractivity contribution is 5.87. The zero-order valence-electron chi connectivity index (χ0n) is 13.1. The van der Waals surface area contributed by atoms with Gasteiger partial charge in [0.1, 0.15) is 17.8 Å². The Bertz CT molecular complexity index is 667. The highest BCUT2D eigenvalue weighted by atomic mass is 16.3. The third-order valence-corrected chi connectivity index (χ3v) is 5.15. The first-order chi connectivity index (χ1) is 11.2. The lowest BCUT2D eigenvalue weighted by molar-refractivity contribution is -0.000185. The molecule has 7 nitrogen and oxygen atoms in total. The number of fused-ring (bicyclic) bond motifs is 1. The van der Waals surface area contributed by atoms with Crippen molar-refractivity contribution in [2.75, 3.05) is 31.1 Å². The monoisotopic (exact) mass is 317 g/mol. The van der Waals surface area contributed by atoms with Crippen LogP contribution in [0.4, 0.5) is 5.82 Å². The Hall–Kier alpha value is -1.70. The van der Waals surface area contributed by atoms with Crippen LogP contribution in [-0.4, -0.2) is 74.5 Å². The number of hydrogen-bond acceptors (Lipinski definition) is 6. The molecule has 3 N–H and O–H groups in total. The summed E-state index contributed by atoms with van der Waals surface area (Å²) in [5.41, 5.74) is 0.830. The summed E-state index contributed by atoms with van der Waals surface area (Å²) in [7, 11) is 0. The number of aliphatic hydroxyl groups excluding tert-OH is 2. The maximum Gasteiger partial charge on any atom is 0.142 e. The number of H-pyrrole nitrogens is 1. The SMILES string of the molecule is OC1CCN([C@@H]2CCN(c3ncnc4[nH]ccc34)C[C@H]2O)CC1. The fourth-order valence-electron chi connectivity index (χ4n) is 3.87. The summed E-state index contributed by atoms with van der Waals surface area (Å²) < 4.78 is 0. The van der Waals surface area contributed by atoms with E-state index in [4.69, 9.17) is 0 Å². The molecular formula is C16H23N5O2. The van der Waals surface area contributed by atoms with Gasteiger partial charge in [-0.15, -0.1) is 0 Å². The summed E-state index contributed by atoms with van der Waals surface area (Å²) in [4.78, 5) is 16.2. The predicted molar refractivity (Wildman–Crippen MR) is 87.3 cm³/mol. The van der Waals surface area contributed by atoms with Gasteiger partial charge in [-0.2, -0.15) is 0 Å². The highest BCUT2D eigenvalue weighted by Gasteiger charge is 2.34. The lowest BCUT2D eigenvalue weighted by Gasteiger charge is -2.44. The second kappa shape index (κ2) is 6.07. The second-order valence-electron chi connectivity index (χ2n) is 6.57. The molecule has 2 aromatic heterocycles. The zero-order chi connectivity index (χ0) is 15.8. The molecule has 0 amide bonds. The van der Waals surface area contributed by atoms with E-state index in [1.807, 2.05) is 12.3 Å². The van der Waals surface area contributed by atoms with Gasteiger partial charge < -0.3 is 20.1 Å². The standard InChI is InChI=1S/C16H23N5O2/c22-11-2-6-20(7-3-11)13-4-8-21(9-14(13)23)16-12-1-5-17-15(12)18-10-19-16/h1,5,10-11,13-14,22-23H,2-4,6-9H2,(H,17,18,19)/t13-,14-/m1/s1. The van der Waals surface area contributed by atoms with Crippen molar-refractivity contribution in [3.63, 3.8) is 0 Å². The van der Waals surface area contributed by atoms with Gasteiger partial charge in [0.15, 0.2) is 0 Å². The molecule has 0 aromatic carbocycles. The molecule has 2 saturated heterocycles. The molecule has 23 heavy (non-hydrogen) atoms. The molecule has 2 aliphatic rings. The van der Waals surface area contributed by atoms with E-state index in [9.17, 15) is 10.2 Å². The summed E-state index contributed by atoms with van der Waals surface area (Å²) >= 11 is 0. The Labute approximate surface area is 135 Å². The van der Waals surface area contributed by atoms with Crippen LogP contribution in [0.15, 0.2) is 18.6 Å². The quantitative estimate of drug-likeness (QED) is 0.741. The summed E-state index contributed by atoms with van der Waals surface area (Å²) in [5.74, 6) is 0.891. The van der Waals surface area contributed by atoms with Gasteiger partial charge in [-0.1, -0.05) is 0 Å². The minimum Gasteiger partial charge on any atom is -0.393 e. The maximum absolute atomic E-state index is 10.6. The number of β-amino-alcohol motifs (C(OH)–C–C–N with tert-alkyl or cyclic N) is 1. The van der Waals surface area contributed by atoms with Crippen molar-refractivity contribution in [2.24, 2.45) is 0 Å². The molecule has 0 aliphatic carbocycles. The number of aromatic amines is 1. The van der Waals surface area contributed by atoms with E-state index in [1.165, 1.54) is 0 Å². The molecule has 2 aliphatic heterocycles. The number of nitrogens with zero attached hydrogens (tertiary/aromatic N) is 4. The first-order valence-electron chi connectivity index (χ1n) is 8.35. The minimum absolute atomic E-state index is 0.175. The van der Waals surface area contributed by atoms with Gasteiger partial charge in [-0.3, -0.25) is 4.90 Å². The molecule has 2 atom stereocenters. The molecule has 0 spiro atoms. The van der Waals surface area contributed by atoms with Crippen LogP contribution in [0.25, 0.3) is 11.0 Å². The van der Waals surface area contributed by atoms with Crippen molar-refractivity contribution in [1.29, 1.82) is 0 Å². The van der Waals surface area contributed by atoms with E-state index in [2.05, 4.69) is 24.8 Å². The molecule has 0 radical (unpaired) electrons. The number of aliphatic hydroxyl groups is 2. The summed E-state index contributed by atoms with van der Waals surface area (Å²) in [5, 5.41) is 21.3. The van der Waals surface area contributed by atoms with Crippen molar-refractivity contribution in [3.8, 4) is 0 Å². The first-order valence-corrected chi connectivity index (χ1v) is 8.35. The Kier molecular flexibility index (Phi) is 3.92. The number of hydrogen-bond donors (Lipinski definition) is 3. The van der Waals surface area contributed by atoms with Crippen LogP contribution in [0.1, 0.15) is 19.3 Å². The smallest absolute Gasteiger partial charge is 0.142 e. The van der Waals surface area contributed by atoms with Gasteiger partial charge in [0, 0.05) is 38.4 Å². The van der Waals surface area contributed by atoms with Crippen molar-refractivity contribution >= 4 is 16.9 Å². The van der Waals surface area contributed by atoms with Crippen LogP contribution in [0, 0.1) is 0 Å². The Morgan fingerprint density at radius 1 is 1.09 bits per heavy atom. The molecule has 2 fully saturated rings. The Morgan fingerprint density at radius 2 is 1.91 bits per heavy atom. The topological polar surface area (TPSA) is 88.5 Å². The Morgan fingerprint density at radius 3 is 2.70 bits per heavy atom. The highest BCUT2D eigenvalue weighted by Crippen LogP contribution is 2.27. The third kappa shape index (κ3) is 2.80. The minimum atomic E-state index is -0.400. The first kappa shape index (κ1) is 14.9. The van der Waals surface area contributed by atoms with Gasteiger partial charge in [0.25, 0.3) is 0 Å². The molecule has 7 heteroatoms. The average Bonchev–Trinajstić information content (AvgIpc) is 3.04. The number of anilines is 1. The van der Waals surface area contributed by atoms with Gasteiger partial charge in [0.2, 0.25) is 0 Å². The predicted octanol–water partition coefficient (Wildman–Crippen LogP) is 0.354. The van der Waals surface area contributed by atoms with Crippen LogP contribution in [-0.2, 0) is 0 Å². The fourth-order valence-corrected chi connectivity index (χ4v) is 3.87. The molecule has 124 valence electrons. The maximum atomic E-state index is 10.6. The normalized spacial score (nSPS) is 27.7. The van der Waals surface area contributed by atoms with E-state index in [-0.39, 0.29) is 12.1 Å². The van der Waals surface area contributed by atoms with E-state index >= 15 is 0 Å². The molecule has 4 rings (SSSR count). The number of rotatable bonds is 2. The van der Waals surface area contributed by atoms with E-state index in [0.717, 1.165) is 55.7 Å². The zero-order valence-corrected chi connectivity index (χ0v) is 13.1. The molecule has 0 saturated carbocycles. The largest absolute Gasteiger partial charge is 0.393 e. The van der Waals surface area contributed by atoms with Crippen molar-refractivity contribution in [1.82, 2.24) is 19.9 Å². The van der Waals surface area contributed by atoms with Crippen molar-refractivity contribution in [3.05, 3.63) is 18.6 Å². The van der Waals surface area contributed by atoms with Crippen LogP contribution in [0.2, 0.25) is 0 Å². The number of piperidine rings is 2.